The molecule has 0 aliphatic heterocycles. The van der Waals surface area contributed by atoms with Gasteiger partial charge in [-0.25, -0.2) is 0 Å². The predicted octanol–water partition coefficient (Wildman–Crippen LogP) is 2.40. The van der Waals surface area contributed by atoms with E-state index in [0.717, 1.165) is 23.5 Å². The van der Waals surface area contributed by atoms with Gasteiger partial charge in [0.05, 0.1) is 0 Å². The first kappa shape index (κ1) is 15.2. The largest absolute Gasteiger partial charge is 0.398 e. The average Bonchev–Trinajstić information content (AvgIpc) is 2.31. The first-order chi connectivity index (χ1) is 8.86. The van der Waals surface area contributed by atoms with E-state index in [1.807, 2.05) is 19.1 Å². The Hall–Kier alpha value is -1.84. The fraction of sp³-hybridized carbons (Fsp3) is 0.467. The summed E-state index contributed by atoms with van der Waals surface area (Å²) in [6.45, 7) is 8.60. The fourth-order valence-electron chi connectivity index (χ4n) is 1.89. The molecular weight excluding hydrogens is 238 g/mol. The van der Waals surface area contributed by atoms with E-state index >= 15 is 0 Å². The minimum absolute atomic E-state index is 0.0296. The van der Waals surface area contributed by atoms with Crippen LogP contribution in [0, 0.1) is 12.8 Å². The first-order valence-corrected chi connectivity index (χ1v) is 6.48. The quantitative estimate of drug-likeness (QED) is 0.378. The van der Waals surface area contributed by atoms with E-state index in [-0.39, 0.29) is 5.78 Å². The minimum atomic E-state index is -0.0296. The number of rotatable bonds is 4. The molecule has 0 amide bonds. The van der Waals surface area contributed by atoms with Crippen LogP contribution < -0.4 is 11.1 Å². The lowest BCUT2D eigenvalue weighted by atomic mass is 10.00. The summed E-state index contributed by atoms with van der Waals surface area (Å²) in [6, 6.07) is 3.65. The van der Waals surface area contributed by atoms with E-state index in [4.69, 9.17) is 5.73 Å². The monoisotopic (exact) mass is 261 g/mol. The third-order valence-electron chi connectivity index (χ3n) is 2.93. The standard InChI is InChI=1S/C15H23N3O/c1-9(2)8-18-15(17-5)12-7-13(11(4)19)14(16)6-10(12)3/h6-7,9H,8,16H2,1-5H3,(H,17,18). The second-order valence-electron chi connectivity index (χ2n) is 5.16. The number of nitrogen functional groups attached to an aromatic ring is 1. The Morgan fingerprint density at radius 3 is 2.47 bits per heavy atom. The number of ketones is 1. The number of aliphatic imine (C=N–C) groups is 1. The number of amidine groups is 1. The molecule has 0 saturated carbocycles. The van der Waals surface area contributed by atoms with Crippen LogP contribution in [0.4, 0.5) is 5.69 Å². The Balaban J connectivity index is 3.17. The second-order valence-corrected chi connectivity index (χ2v) is 5.16. The van der Waals surface area contributed by atoms with Crippen molar-refractivity contribution in [2.24, 2.45) is 10.9 Å². The van der Waals surface area contributed by atoms with Gasteiger partial charge in [0.2, 0.25) is 0 Å². The average molecular weight is 261 g/mol. The van der Waals surface area contributed by atoms with E-state index in [1.165, 1.54) is 6.92 Å². The van der Waals surface area contributed by atoms with Crippen molar-refractivity contribution in [2.75, 3.05) is 19.3 Å². The molecule has 0 saturated heterocycles. The first-order valence-electron chi connectivity index (χ1n) is 6.48. The van der Waals surface area contributed by atoms with Gasteiger partial charge in [0, 0.05) is 30.4 Å². The third kappa shape index (κ3) is 3.81. The zero-order chi connectivity index (χ0) is 14.6. The molecule has 4 heteroatoms. The van der Waals surface area contributed by atoms with E-state index < -0.39 is 0 Å². The van der Waals surface area contributed by atoms with Crippen molar-refractivity contribution in [3.63, 3.8) is 0 Å². The van der Waals surface area contributed by atoms with E-state index in [2.05, 4.69) is 24.2 Å². The maximum Gasteiger partial charge on any atom is 0.161 e. The summed E-state index contributed by atoms with van der Waals surface area (Å²) in [6.07, 6.45) is 0. The molecule has 0 spiro atoms. The highest BCUT2D eigenvalue weighted by Crippen LogP contribution is 2.19. The van der Waals surface area contributed by atoms with E-state index in [9.17, 15) is 4.79 Å². The molecular formula is C15H23N3O. The Morgan fingerprint density at radius 1 is 1.37 bits per heavy atom. The van der Waals surface area contributed by atoms with Gasteiger partial charge >= 0.3 is 0 Å². The second kappa shape index (κ2) is 6.36. The number of nitrogens with zero attached hydrogens (tertiary/aromatic N) is 1. The smallest absolute Gasteiger partial charge is 0.161 e. The van der Waals surface area contributed by atoms with Crippen LogP contribution in [-0.2, 0) is 0 Å². The maximum absolute atomic E-state index is 11.6. The predicted molar refractivity (Wildman–Crippen MR) is 80.9 cm³/mol. The number of aryl methyl sites for hydroxylation is 1. The lowest BCUT2D eigenvalue weighted by Gasteiger charge is -2.15. The Morgan fingerprint density at radius 2 is 2.00 bits per heavy atom. The Bertz CT molecular complexity index is 504. The molecule has 4 nitrogen and oxygen atoms in total. The molecule has 19 heavy (non-hydrogen) atoms. The summed E-state index contributed by atoms with van der Waals surface area (Å²) in [5.41, 5.74) is 8.89. The number of nitrogens with two attached hydrogens (primary N) is 1. The van der Waals surface area contributed by atoms with Crippen LogP contribution in [0.5, 0.6) is 0 Å². The molecule has 3 N–H and O–H groups in total. The summed E-state index contributed by atoms with van der Waals surface area (Å²) in [4.78, 5) is 15.8. The summed E-state index contributed by atoms with van der Waals surface area (Å²) in [5, 5.41) is 3.31. The summed E-state index contributed by atoms with van der Waals surface area (Å²) in [5.74, 6) is 1.30. The third-order valence-corrected chi connectivity index (χ3v) is 2.93. The van der Waals surface area contributed by atoms with Gasteiger partial charge in [-0.05, 0) is 37.5 Å². The zero-order valence-corrected chi connectivity index (χ0v) is 12.4. The van der Waals surface area contributed by atoms with Crippen LogP contribution in [0.15, 0.2) is 17.1 Å². The van der Waals surface area contributed by atoms with Crippen molar-refractivity contribution in [3.8, 4) is 0 Å². The van der Waals surface area contributed by atoms with Crippen LogP contribution in [0.2, 0.25) is 0 Å². The van der Waals surface area contributed by atoms with Gasteiger partial charge in [-0.15, -0.1) is 0 Å². The van der Waals surface area contributed by atoms with E-state index in [0.29, 0.717) is 17.2 Å². The highest BCUT2D eigenvalue weighted by molar-refractivity contribution is 6.05. The van der Waals surface area contributed by atoms with Crippen molar-refractivity contribution < 1.29 is 4.79 Å². The molecule has 1 aromatic carbocycles. The van der Waals surface area contributed by atoms with Crippen molar-refractivity contribution in [1.82, 2.24) is 5.32 Å². The molecule has 1 rings (SSSR count). The molecule has 1 aromatic rings. The van der Waals surface area contributed by atoms with Gasteiger partial charge < -0.3 is 11.1 Å². The normalized spacial score (nSPS) is 11.8. The number of nitrogens with one attached hydrogen (secondary N) is 1. The molecule has 0 bridgehead atoms. The number of hydrogen-bond donors (Lipinski definition) is 2. The van der Waals surface area contributed by atoms with Gasteiger partial charge in [0.15, 0.2) is 5.78 Å². The summed E-state index contributed by atoms with van der Waals surface area (Å²) < 4.78 is 0. The fourth-order valence-corrected chi connectivity index (χ4v) is 1.89. The van der Waals surface area contributed by atoms with Gasteiger partial charge in [-0.2, -0.15) is 0 Å². The molecule has 0 radical (unpaired) electrons. The van der Waals surface area contributed by atoms with Crippen LogP contribution in [0.3, 0.4) is 0 Å². The summed E-state index contributed by atoms with van der Waals surface area (Å²) in [7, 11) is 1.74. The number of hydrogen-bond acceptors (Lipinski definition) is 3. The molecule has 104 valence electrons. The molecule has 0 heterocycles. The Labute approximate surface area is 115 Å². The molecule has 0 aliphatic carbocycles. The molecule has 0 atom stereocenters. The number of carbonyl (C=O) groups excluding carboxylic acids is 1. The van der Waals surface area contributed by atoms with Crippen molar-refractivity contribution in [3.05, 3.63) is 28.8 Å². The molecule has 0 aromatic heterocycles. The lowest BCUT2D eigenvalue weighted by Crippen LogP contribution is -2.29. The topological polar surface area (TPSA) is 67.5 Å². The van der Waals surface area contributed by atoms with Crippen LogP contribution in [-0.4, -0.2) is 25.2 Å². The zero-order valence-electron chi connectivity index (χ0n) is 12.4. The number of anilines is 1. The van der Waals surface area contributed by atoms with Crippen LogP contribution >= 0.6 is 0 Å². The SMILES string of the molecule is CN=C(NCC(C)C)c1cc(C(C)=O)c(N)cc1C. The lowest BCUT2D eigenvalue weighted by molar-refractivity contribution is 0.101. The number of carbonyl (C=O) groups is 1. The molecule has 0 unspecified atom stereocenters. The Kier molecular flexibility index (Phi) is 5.10. The van der Waals surface area contributed by atoms with Crippen molar-refractivity contribution >= 4 is 17.3 Å². The van der Waals surface area contributed by atoms with Crippen molar-refractivity contribution in [2.45, 2.75) is 27.7 Å². The van der Waals surface area contributed by atoms with Crippen molar-refractivity contribution in [1.29, 1.82) is 0 Å². The van der Waals surface area contributed by atoms with Gasteiger partial charge in [0.25, 0.3) is 0 Å². The van der Waals surface area contributed by atoms with E-state index in [1.54, 1.807) is 7.05 Å². The highest BCUT2D eigenvalue weighted by atomic mass is 16.1. The molecule has 0 aliphatic rings. The highest BCUT2D eigenvalue weighted by Gasteiger charge is 2.13. The van der Waals surface area contributed by atoms with Crippen LogP contribution in [0.25, 0.3) is 0 Å². The summed E-state index contributed by atoms with van der Waals surface area (Å²) >= 11 is 0. The van der Waals surface area contributed by atoms with Gasteiger partial charge in [0.1, 0.15) is 5.84 Å². The number of Topliss-reactive ketones (excluding diaryl/α,β-unsaturated/α-hetero) is 1. The van der Waals surface area contributed by atoms with Gasteiger partial charge in [-0.1, -0.05) is 13.8 Å². The maximum atomic E-state index is 11.6. The molecule has 0 fully saturated rings. The minimum Gasteiger partial charge on any atom is -0.398 e. The number of benzene rings is 1. The van der Waals surface area contributed by atoms with Gasteiger partial charge in [-0.3, -0.25) is 9.79 Å². The van der Waals surface area contributed by atoms with Crippen LogP contribution in [0.1, 0.15) is 42.3 Å².